The number of rotatable bonds is 5. The maximum Gasteiger partial charge on any atom is 0.573 e. The van der Waals surface area contributed by atoms with Crippen molar-refractivity contribution >= 4 is 34.0 Å². The zero-order valence-electron chi connectivity index (χ0n) is 17.1. The van der Waals surface area contributed by atoms with E-state index in [9.17, 15) is 26.7 Å². The van der Waals surface area contributed by atoms with Crippen molar-refractivity contribution in [3.05, 3.63) is 36.7 Å². The first-order valence-corrected chi connectivity index (χ1v) is 10.0. The van der Waals surface area contributed by atoms with Gasteiger partial charge in [0.1, 0.15) is 0 Å². The van der Waals surface area contributed by atoms with Gasteiger partial charge < -0.3 is 24.3 Å². The zero-order valence-corrected chi connectivity index (χ0v) is 17.1. The first-order valence-electron chi connectivity index (χ1n) is 10.0. The fourth-order valence-electron chi connectivity index (χ4n) is 3.71. The zero-order chi connectivity index (χ0) is 23.5. The number of carbonyl (C=O) groups is 1. The number of imidazole rings is 1. The molecule has 1 aliphatic heterocycles. The van der Waals surface area contributed by atoms with Crippen LogP contribution in [0.3, 0.4) is 0 Å². The Hall–Kier alpha value is -3.57. The predicted octanol–water partition coefficient (Wildman–Crippen LogP) is 5.04. The van der Waals surface area contributed by atoms with E-state index in [2.05, 4.69) is 19.8 Å². The molecular weight excluding hydrogens is 451 g/mol. The molecule has 2 heterocycles. The quantitative estimate of drug-likeness (QED) is 0.532. The Morgan fingerprint density at radius 1 is 1.24 bits per heavy atom. The molecule has 2 aromatic carbocycles. The molecule has 5 rings (SSSR count). The van der Waals surface area contributed by atoms with Gasteiger partial charge in [-0.2, -0.15) is 8.78 Å². The predicted molar refractivity (Wildman–Crippen MR) is 108 cm³/mol. The second kappa shape index (κ2) is 7.22. The van der Waals surface area contributed by atoms with E-state index in [-0.39, 0.29) is 22.8 Å². The molecule has 1 N–H and O–H groups in total. The smallest absolute Gasteiger partial charge is 0.423 e. The van der Waals surface area contributed by atoms with Gasteiger partial charge in [-0.15, -0.1) is 13.2 Å². The summed E-state index contributed by atoms with van der Waals surface area (Å²) in [6.07, 6.45) is -5.29. The third-order valence-electron chi connectivity index (χ3n) is 5.49. The molecule has 2 aliphatic rings. The molecule has 0 radical (unpaired) electrons. The molecule has 0 unspecified atom stereocenters. The van der Waals surface area contributed by atoms with E-state index in [0.717, 1.165) is 17.7 Å². The lowest BCUT2D eigenvalue weighted by atomic mass is 10.2. The number of hydrogen-bond acceptors (Lipinski definition) is 5. The molecule has 0 spiro atoms. The van der Waals surface area contributed by atoms with Crippen molar-refractivity contribution in [1.82, 2.24) is 9.55 Å². The van der Waals surface area contributed by atoms with E-state index >= 15 is 0 Å². The Labute approximate surface area is 183 Å². The van der Waals surface area contributed by atoms with Crippen molar-refractivity contribution in [3.8, 4) is 11.5 Å². The van der Waals surface area contributed by atoms with Crippen LogP contribution in [-0.2, 0) is 11.3 Å². The molecule has 1 saturated carbocycles. The molecule has 174 valence electrons. The maximum absolute atomic E-state index is 13.8. The number of hydrogen-bond donors (Lipinski definition) is 1. The van der Waals surface area contributed by atoms with Crippen LogP contribution in [0.5, 0.6) is 11.5 Å². The summed E-state index contributed by atoms with van der Waals surface area (Å²) in [5.74, 6) is -1.84. The standard InChI is InChI=1S/C21H17F5N4O3/c1-29-15-5-4-12(6-18(15)32-20(22,23)19(29)31)28-14-7-16-13(8-17(14)33-21(24,25)26)27-10-30(16)9-11-2-3-11/h4-8,10-11,28H,2-3,9H2,1H3. The van der Waals surface area contributed by atoms with E-state index in [1.54, 1.807) is 6.33 Å². The molecule has 3 aromatic rings. The van der Waals surface area contributed by atoms with Gasteiger partial charge in [0.15, 0.2) is 11.5 Å². The summed E-state index contributed by atoms with van der Waals surface area (Å²) in [7, 11) is 1.18. The third kappa shape index (κ3) is 4.12. The molecule has 12 heteroatoms. The summed E-state index contributed by atoms with van der Waals surface area (Å²) in [6, 6.07) is 6.60. The lowest BCUT2D eigenvalue weighted by Gasteiger charge is -2.31. The van der Waals surface area contributed by atoms with Crippen LogP contribution in [0.4, 0.5) is 39.0 Å². The topological polar surface area (TPSA) is 68.6 Å². The van der Waals surface area contributed by atoms with Gasteiger partial charge in [0.05, 0.1) is 28.7 Å². The van der Waals surface area contributed by atoms with Crippen LogP contribution >= 0.6 is 0 Å². The number of carbonyl (C=O) groups excluding carboxylic acids is 1. The number of likely N-dealkylation sites (N-methyl/N-ethyl adjacent to an activating group) is 1. The van der Waals surface area contributed by atoms with Gasteiger partial charge in [0, 0.05) is 31.4 Å². The lowest BCUT2D eigenvalue weighted by Crippen LogP contribution is -2.48. The fraction of sp³-hybridized carbons (Fsp3) is 0.333. The van der Waals surface area contributed by atoms with Gasteiger partial charge in [0.25, 0.3) is 0 Å². The van der Waals surface area contributed by atoms with Gasteiger partial charge >= 0.3 is 18.4 Å². The number of benzene rings is 2. The fourth-order valence-corrected chi connectivity index (χ4v) is 3.71. The highest BCUT2D eigenvalue weighted by Crippen LogP contribution is 2.42. The Kier molecular flexibility index (Phi) is 4.66. The number of anilines is 3. The summed E-state index contributed by atoms with van der Waals surface area (Å²) >= 11 is 0. The molecular formula is C21H17F5N4O3. The molecule has 1 amide bonds. The van der Waals surface area contributed by atoms with Gasteiger partial charge in [-0.25, -0.2) is 4.98 Å². The van der Waals surface area contributed by atoms with Crippen LogP contribution in [0.1, 0.15) is 12.8 Å². The number of nitrogens with one attached hydrogen (secondary N) is 1. The van der Waals surface area contributed by atoms with Crippen molar-refractivity contribution in [2.75, 3.05) is 17.3 Å². The van der Waals surface area contributed by atoms with Crippen molar-refractivity contribution in [2.24, 2.45) is 5.92 Å². The number of alkyl halides is 5. The van der Waals surface area contributed by atoms with E-state index < -0.39 is 24.1 Å². The summed E-state index contributed by atoms with van der Waals surface area (Å²) < 4.78 is 77.3. The molecule has 1 aliphatic carbocycles. The summed E-state index contributed by atoms with van der Waals surface area (Å²) in [5, 5.41) is 2.78. The lowest BCUT2D eigenvalue weighted by molar-refractivity contribution is -0.274. The average Bonchev–Trinajstić information content (AvgIpc) is 3.46. The van der Waals surface area contributed by atoms with E-state index in [0.29, 0.717) is 23.5 Å². The monoisotopic (exact) mass is 468 g/mol. The number of ether oxygens (including phenoxy) is 2. The Morgan fingerprint density at radius 2 is 2.00 bits per heavy atom. The number of amides is 1. The summed E-state index contributed by atoms with van der Waals surface area (Å²) in [6.45, 7) is 0.692. The molecule has 1 aromatic heterocycles. The second-order valence-electron chi connectivity index (χ2n) is 8.02. The highest BCUT2D eigenvalue weighted by atomic mass is 19.4. The minimum absolute atomic E-state index is 0.0377. The van der Waals surface area contributed by atoms with Crippen LogP contribution < -0.4 is 19.7 Å². The number of fused-ring (bicyclic) bond motifs is 2. The van der Waals surface area contributed by atoms with Crippen LogP contribution in [0.15, 0.2) is 36.7 Å². The second-order valence-corrected chi connectivity index (χ2v) is 8.02. The van der Waals surface area contributed by atoms with Crippen LogP contribution in [0, 0.1) is 5.92 Å². The van der Waals surface area contributed by atoms with Gasteiger partial charge in [-0.3, -0.25) is 4.79 Å². The molecule has 1 fully saturated rings. The number of nitrogens with zero attached hydrogens (tertiary/aromatic N) is 3. The minimum atomic E-state index is -4.95. The highest BCUT2D eigenvalue weighted by molar-refractivity contribution is 6.00. The summed E-state index contributed by atoms with van der Waals surface area (Å²) in [5.41, 5.74) is 1.15. The van der Waals surface area contributed by atoms with E-state index in [1.165, 1.54) is 37.4 Å². The Balaban J connectivity index is 1.53. The number of halogens is 5. The van der Waals surface area contributed by atoms with Crippen molar-refractivity contribution in [2.45, 2.75) is 31.9 Å². The molecule has 0 bridgehead atoms. The van der Waals surface area contributed by atoms with Gasteiger partial charge in [0.2, 0.25) is 0 Å². The van der Waals surface area contributed by atoms with Crippen molar-refractivity contribution in [1.29, 1.82) is 0 Å². The first kappa shape index (κ1) is 21.3. The Morgan fingerprint density at radius 3 is 2.70 bits per heavy atom. The normalized spacial score (nSPS) is 17.6. The van der Waals surface area contributed by atoms with Gasteiger partial charge in [-0.05, 0) is 37.0 Å². The van der Waals surface area contributed by atoms with Crippen LogP contribution in [0.2, 0.25) is 0 Å². The van der Waals surface area contributed by atoms with Gasteiger partial charge in [-0.1, -0.05) is 0 Å². The molecule has 33 heavy (non-hydrogen) atoms. The van der Waals surface area contributed by atoms with Crippen molar-refractivity contribution in [3.63, 3.8) is 0 Å². The van der Waals surface area contributed by atoms with Crippen LogP contribution in [0.25, 0.3) is 11.0 Å². The molecule has 0 saturated heterocycles. The largest absolute Gasteiger partial charge is 0.573 e. The molecule has 7 nitrogen and oxygen atoms in total. The summed E-state index contributed by atoms with van der Waals surface area (Å²) in [4.78, 5) is 16.6. The van der Waals surface area contributed by atoms with Crippen molar-refractivity contribution < 1.29 is 36.2 Å². The first-order chi connectivity index (χ1) is 15.5. The Bertz CT molecular complexity index is 1250. The molecule has 0 atom stereocenters. The average molecular weight is 468 g/mol. The van der Waals surface area contributed by atoms with E-state index in [1.807, 2.05) is 4.57 Å². The number of aromatic nitrogens is 2. The van der Waals surface area contributed by atoms with Crippen LogP contribution in [-0.4, -0.2) is 35.0 Å². The maximum atomic E-state index is 13.8. The SMILES string of the molecule is CN1C(=O)C(F)(F)Oc2cc(Nc3cc4c(cc3OC(F)(F)F)ncn4CC3CC3)ccc21. The third-order valence-corrected chi connectivity index (χ3v) is 5.49. The highest BCUT2D eigenvalue weighted by Gasteiger charge is 2.49. The van der Waals surface area contributed by atoms with E-state index in [4.69, 9.17) is 0 Å². The minimum Gasteiger partial charge on any atom is -0.423 e.